The molecular formula is C24H26N8O2. The lowest BCUT2D eigenvalue weighted by Gasteiger charge is -2.27. The van der Waals surface area contributed by atoms with E-state index in [0.717, 1.165) is 17.0 Å². The minimum Gasteiger partial charge on any atom is -0.465 e. The van der Waals surface area contributed by atoms with Crippen LogP contribution in [0.2, 0.25) is 0 Å². The van der Waals surface area contributed by atoms with Crippen LogP contribution in [0.25, 0.3) is 22.6 Å². The minimum absolute atomic E-state index is 0.104. The molecule has 10 nitrogen and oxygen atoms in total. The van der Waals surface area contributed by atoms with Crippen LogP contribution in [0.4, 0.5) is 10.6 Å². The number of benzene rings is 1. The third kappa shape index (κ3) is 4.02. The molecule has 4 heterocycles. The Balaban J connectivity index is 1.50. The fourth-order valence-electron chi connectivity index (χ4n) is 4.61. The molecule has 2 atom stereocenters. The van der Waals surface area contributed by atoms with Crippen molar-refractivity contribution < 1.29 is 9.90 Å². The Morgan fingerprint density at radius 1 is 1.15 bits per heavy atom. The molecule has 10 heteroatoms. The molecule has 2 unspecified atom stereocenters. The summed E-state index contributed by atoms with van der Waals surface area (Å²) in [5.74, 6) is 2.01. The number of imidazole rings is 1. The number of hydrogen-bond donors (Lipinski definition) is 2. The van der Waals surface area contributed by atoms with E-state index >= 15 is 0 Å². The predicted octanol–water partition coefficient (Wildman–Crippen LogP) is 3.39. The smallest absolute Gasteiger partial charge is 0.407 e. The van der Waals surface area contributed by atoms with Crippen LogP contribution < -0.4 is 5.32 Å². The van der Waals surface area contributed by atoms with Gasteiger partial charge in [-0.2, -0.15) is 0 Å². The van der Waals surface area contributed by atoms with Gasteiger partial charge in [0.2, 0.25) is 0 Å². The minimum atomic E-state index is -0.907. The summed E-state index contributed by atoms with van der Waals surface area (Å²) < 4.78 is 2.01. The van der Waals surface area contributed by atoms with Crippen LogP contribution in [0.5, 0.6) is 0 Å². The molecule has 4 aromatic rings. The predicted molar refractivity (Wildman–Crippen MR) is 127 cm³/mol. The molecule has 1 saturated heterocycles. The molecule has 0 saturated carbocycles. The van der Waals surface area contributed by atoms with E-state index in [2.05, 4.69) is 25.3 Å². The molecular weight excluding hydrogens is 432 g/mol. The van der Waals surface area contributed by atoms with Crippen molar-refractivity contribution in [1.82, 2.24) is 34.4 Å². The molecule has 0 spiro atoms. The first kappa shape index (κ1) is 21.7. The van der Waals surface area contributed by atoms with Crippen LogP contribution in [0.3, 0.4) is 0 Å². The van der Waals surface area contributed by atoms with Gasteiger partial charge < -0.3 is 19.9 Å². The summed E-state index contributed by atoms with van der Waals surface area (Å²) in [4.78, 5) is 35.9. The third-order valence-corrected chi connectivity index (χ3v) is 6.29. The van der Waals surface area contributed by atoms with Gasteiger partial charge in [0.1, 0.15) is 18.0 Å². The van der Waals surface area contributed by atoms with Crippen LogP contribution in [-0.2, 0) is 13.0 Å². The van der Waals surface area contributed by atoms with E-state index < -0.39 is 6.09 Å². The maximum Gasteiger partial charge on any atom is 0.407 e. The number of likely N-dealkylation sites (tertiary alicyclic amines) is 1. The zero-order valence-electron chi connectivity index (χ0n) is 19.1. The molecule has 0 radical (unpaired) electrons. The number of aryl methyl sites for hydroxylation is 2. The quantitative estimate of drug-likeness (QED) is 0.451. The largest absolute Gasteiger partial charge is 0.465 e. The molecule has 2 N–H and O–H groups in total. The number of rotatable bonds is 6. The first-order chi connectivity index (χ1) is 16.5. The van der Waals surface area contributed by atoms with E-state index in [4.69, 9.17) is 4.98 Å². The van der Waals surface area contributed by atoms with Crippen molar-refractivity contribution in [3.63, 3.8) is 0 Å². The molecule has 0 aliphatic carbocycles. The number of anilines is 1. The van der Waals surface area contributed by atoms with Crippen LogP contribution in [0, 0.1) is 6.92 Å². The second-order valence-corrected chi connectivity index (χ2v) is 8.37. The Labute approximate surface area is 196 Å². The van der Waals surface area contributed by atoms with Gasteiger partial charge in [-0.15, -0.1) is 0 Å². The highest BCUT2D eigenvalue weighted by Gasteiger charge is 2.37. The van der Waals surface area contributed by atoms with Crippen LogP contribution in [0.15, 0.2) is 49.1 Å². The summed E-state index contributed by atoms with van der Waals surface area (Å²) in [6, 6.07) is 9.63. The summed E-state index contributed by atoms with van der Waals surface area (Å²) in [5.41, 5.74) is 3.25. The number of aromatic nitrogens is 6. The van der Waals surface area contributed by atoms with Crippen molar-refractivity contribution in [1.29, 1.82) is 0 Å². The van der Waals surface area contributed by atoms with Crippen molar-refractivity contribution in [3.05, 3.63) is 60.4 Å². The van der Waals surface area contributed by atoms with E-state index in [9.17, 15) is 9.90 Å². The lowest BCUT2D eigenvalue weighted by molar-refractivity contribution is 0.139. The maximum absolute atomic E-state index is 11.9. The van der Waals surface area contributed by atoms with E-state index in [1.807, 2.05) is 48.7 Å². The average Bonchev–Trinajstić information content (AvgIpc) is 3.42. The molecule has 3 aromatic heterocycles. The van der Waals surface area contributed by atoms with Crippen LogP contribution >= 0.6 is 0 Å². The summed E-state index contributed by atoms with van der Waals surface area (Å²) >= 11 is 0. The molecule has 1 aliphatic rings. The second kappa shape index (κ2) is 9.05. The fraction of sp³-hybridized carbons (Fsp3) is 0.333. The van der Waals surface area contributed by atoms with Gasteiger partial charge in [-0.25, -0.2) is 29.7 Å². The van der Waals surface area contributed by atoms with Crippen molar-refractivity contribution in [2.75, 3.05) is 11.9 Å². The van der Waals surface area contributed by atoms with Crippen molar-refractivity contribution in [2.45, 2.75) is 45.3 Å². The first-order valence-corrected chi connectivity index (χ1v) is 11.4. The van der Waals surface area contributed by atoms with Gasteiger partial charge in [-0.3, -0.25) is 0 Å². The fourth-order valence-corrected chi connectivity index (χ4v) is 4.61. The molecule has 34 heavy (non-hydrogen) atoms. The lowest BCUT2D eigenvalue weighted by atomic mass is 10.00. The first-order valence-electron chi connectivity index (χ1n) is 11.4. The Morgan fingerprint density at radius 3 is 2.62 bits per heavy atom. The zero-order chi connectivity index (χ0) is 23.7. The van der Waals surface area contributed by atoms with Gasteiger partial charge >= 0.3 is 6.09 Å². The Kier molecular flexibility index (Phi) is 5.79. The molecule has 174 valence electrons. The number of carbonyl (C=O) groups is 1. The van der Waals surface area contributed by atoms with Crippen molar-refractivity contribution in [2.24, 2.45) is 0 Å². The van der Waals surface area contributed by atoms with Crippen molar-refractivity contribution in [3.8, 4) is 11.4 Å². The summed E-state index contributed by atoms with van der Waals surface area (Å²) in [5, 5.41) is 13.3. The van der Waals surface area contributed by atoms with E-state index in [-0.39, 0.29) is 12.1 Å². The Hall–Kier alpha value is -4.08. The number of nitrogens with one attached hydrogen (secondary N) is 1. The Morgan fingerprint density at radius 2 is 1.91 bits per heavy atom. The van der Waals surface area contributed by atoms with Crippen LogP contribution in [0.1, 0.15) is 24.7 Å². The maximum atomic E-state index is 11.9. The number of fused-ring (bicyclic) bond motifs is 1. The number of carboxylic acid groups (broad SMARTS) is 1. The highest BCUT2D eigenvalue weighted by molar-refractivity contribution is 5.86. The zero-order valence-corrected chi connectivity index (χ0v) is 19.1. The van der Waals surface area contributed by atoms with Gasteiger partial charge in [0, 0.05) is 25.5 Å². The standard InChI is InChI=1S/C24H26N8O2/c1-3-31-22(17-12-25-15(2)26-13-17)30-20-21(27-14-28-23(20)31)29-18-9-10-32(24(33)34)19(18)11-16-7-5-4-6-8-16/h4-8,12-14,18-19H,3,9-11H2,1-2H3,(H,33,34)(H,27,28,29). The van der Waals surface area contributed by atoms with Crippen LogP contribution in [-0.4, -0.2) is 64.2 Å². The number of hydrogen-bond acceptors (Lipinski definition) is 7. The van der Waals surface area contributed by atoms with E-state index in [1.165, 1.54) is 11.2 Å². The van der Waals surface area contributed by atoms with Crippen molar-refractivity contribution >= 4 is 23.1 Å². The van der Waals surface area contributed by atoms with E-state index in [0.29, 0.717) is 48.7 Å². The molecule has 1 fully saturated rings. The monoisotopic (exact) mass is 458 g/mol. The summed E-state index contributed by atoms with van der Waals surface area (Å²) in [6.45, 7) is 5.01. The molecule has 1 aromatic carbocycles. The third-order valence-electron chi connectivity index (χ3n) is 6.29. The van der Waals surface area contributed by atoms with E-state index in [1.54, 1.807) is 12.4 Å². The molecule has 5 rings (SSSR count). The second-order valence-electron chi connectivity index (χ2n) is 8.37. The van der Waals surface area contributed by atoms with Gasteiger partial charge in [0.25, 0.3) is 0 Å². The van der Waals surface area contributed by atoms with Gasteiger partial charge in [-0.1, -0.05) is 30.3 Å². The number of amides is 1. The summed E-state index contributed by atoms with van der Waals surface area (Å²) in [6.07, 6.45) is 5.43. The van der Waals surface area contributed by atoms with Gasteiger partial charge in [-0.05, 0) is 32.3 Å². The lowest BCUT2D eigenvalue weighted by Crippen LogP contribution is -2.43. The molecule has 0 bridgehead atoms. The highest BCUT2D eigenvalue weighted by atomic mass is 16.4. The molecule has 1 aliphatic heterocycles. The molecule has 1 amide bonds. The van der Waals surface area contributed by atoms with Gasteiger partial charge in [0.05, 0.1) is 17.6 Å². The normalized spacial score (nSPS) is 17.9. The number of nitrogens with zero attached hydrogens (tertiary/aromatic N) is 7. The SMILES string of the molecule is CCn1c(-c2cnc(C)nc2)nc2c(NC3CCN(C(=O)O)C3Cc3ccccc3)ncnc21. The average molecular weight is 459 g/mol. The Bertz CT molecular complexity index is 1310. The topological polar surface area (TPSA) is 122 Å². The highest BCUT2D eigenvalue weighted by Crippen LogP contribution is 2.30. The van der Waals surface area contributed by atoms with Gasteiger partial charge in [0.15, 0.2) is 17.0 Å². The summed E-state index contributed by atoms with van der Waals surface area (Å²) in [7, 11) is 0.